The van der Waals surface area contributed by atoms with E-state index in [9.17, 15) is 14.7 Å². The van der Waals surface area contributed by atoms with Crippen molar-refractivity contribution in [1.82, 2.24) is 0 Å². The maximum Gasteiger partial charge on any atom is 0.334 e. The number of carboxylic acid groups (broad SMARTS) is 1. The van der Waals surface area contributed by atoms with Gasteiger partial charge in [-0.3, -0.25) is 4.79 Å². The van der Waals surface area contributed by atoms with E-state index >= 15 is 0 Å². The minimum Gasteiger partial charge on any atom is -0.478 e. The Hall–Kier alpha value is -1.85. The van der Waals surface area contributed by atoms with Gasteiger partial charge in [0.05, 0.1) is 10.6 Å². The molecule has 0 spiro atoms. The molecule has 118 valence electrons. The Balaban J connectivity index is 2.15. The number of benzene rings is 2. The number of ketones is 1. The topological polar surface area (TPSA) is 54.4 Å². The van der Waals surface area contributed by atoms with E-state index in [2.05, 4.69) is 0 Å². The third kappa shape index (κ3) is 2.99. The molecule has 0 aromatic heterocycles. The number of fused-ring (bicyclic) bond motifs is 1. The maximum absolute atomic E-state index is 12.9. The first kappa shape index (κ1) is 16.0. The number of hydrogen-bond acceptors (Lipinski definition) is 3. The van der Waals surface area contributed by atoms with Crippen molar-refractivity contribution < 1.29 is 14.7 Å². The van der Waals surface area contributed by atoms with Gasteiger partial charge in [-0.25, -0.2) is 4.79 Å². The molecule has 1 aliphatic heterocycles. The number of hydrogen-bond donors (Lipinski definition) is 1. The van der Waals surface area contributed by atoms with E-state index < -0.39 is 21.7 Å². The first-order valence-electron chi connectivity index (χ1n) is 7.10. The normalized spacial score (nSPS) is 19.8. The number of carbonyl (C=O) groups is 2. The third-order valence-electron chi connectivity index (χ3n) is 3.79. The second kappa shape index (κ2) is 6.34. The molecule has 0 radical (unpaired) electrons. The summed E-state index contributed by atoms with van der Waals surface area (Å²) in [6.45, 7) is 1.94. The van der Waals surface area contributed by atoms with Crippen LogP contribution in [0.2, 0.25) is 0 Å². The van der Waals surface area contributed by atoms with Gasteiger partial charge in [-0.1, -0.05) is 23.8 Å². The fourth-order valence-corrected chi connectivity index (χ4v) is 5.33. The van der Waals surface area contributed by atoms with Gasteiger partial charge in [0, 0.05) is 15.4 Å². The van der Waals surface area contributed by atoms with Crippen LogP contribution in [0.3, 0.4) is 0 Å². The van der Waals surface area contributed by atoms with Crippen LogP contribution in [0, 0.1) is 6.92 Å². The molecule has 5 heteroatoms. The number of thioether (sulfide) groups is 1. The zero-order valence-electron chi connectivity index (χ0n) is 12.8. The number of carboxylic acids is 1. The number of aryl methyl sites for hydroxylation is 1. The Morgan fingerprint density at radius 2 is 1.91 bits per heavy atom. The van der Waals surface area contributed by atoms with Crippen molar-refractivity contribution in [3.05, 3.63) is 59.2 Å². The van der Waals surface area contributed by atoms with Gasteiger partial charge >= 0.3 is 5.97 Å². The highest BCUT2D eigenvalue weighted by atomic mass is 32.2. The molecular weight excluding hydrogens is 328 g/mol. The Morgan fingerprint density at radius 1 is 1.22 bits per heavy atom. The monoisotopic (exact) mass is 344 g/mol. The van der Waals surface area contributed by atoms with Gasteiger partial charge < -0.3 is 5.11 Å². The lowest BCUT2D eigenvalue weighted by Gasteiger charge is -2.13. The van der Waals surface area contributed by atoms with Crippen LogP contribution in [0.25, 0.3) is 0 Å². The lowest BCUT2D eigenvalue weighted by Crippen LogP contribution is -2.06. The summed E-state index contributed by atoms with van der Waals surface area (Å²) in [4.78, 5) is 26.1. The van der Waals surface area contributed by atoms with Crippen molar-refractivity contribution in [2.45, 2.75) is 22.0 Å². The summed E-state index contributed by atoms with van der Waals surface area (Å²) in [6, 6.07) is 13.5. The minimum absolute atomic E-state index is 0.0152. The van der Waals surface area contributed by atoms with Crippen LogP contribution >= 0.6 is 22.2 Å². The molecule has 3 nitrogen and oxygen atoms in total. The average molecular weight is 344 g/mol. The highest BCUT2D eigenvalue weighted by molar-refractivity contribution is 8.17. The van der Waals surface area contributed by atoms with E-state index in [-0.39, 0.29) is 5.78 Å². The molecule has 1 heterocycles. The summed E-state index contributed by atoms with van der Waals surface area (Å²) >= 11 is 1.64. The quantitative estimate of drug-likeness (QED) is 0.671. The molecule has 2 aromatic carbocycles. The summed E-state index contributed by atoms with van der Waals surface area (Å²) < 4.78 is 0. The number of aliphatic carboxylic acids is 1. The van der Waals surface area contributed by atoms with E-state index in [4.69, 9.17) is 0 Å². The van der Waals surface area contributed by atoms with E-state index in [1.165, 1.54) is 5.37 Å². The van der Waals surface area contributed by atoms with Gasteiger partial charge in [0.1, 0.15) is 0 Å². The Morgan fingerprint density at radius 3 is 2.52 bits per heavy atom. The predicted octanol–water partition coefficient (Wildman–Crippen LogP) is 4.17. The molecule has 0 bridgehead atoms. The molecule has 0 aliphatic carbocycles. The molecule has 0 fully saturated rings. The average Bonchev–Trinajstić information content (AvgIpc) is 2.79. The highest BCUT2D eigenvalue weighted by Crippen LogP contribution is 2.51. The summed E-state index contributed by atoms with van der Waals surface area (Å²) in [5, 5.41) is 10.1. The van der Waals surface area contributed by atoms with Crippen molar-refractivity contribution in [2.75, 3.05) is 6.26 Å². The molecule has 2 aromatic rings. The number of Topliss-reactive ketones (excluding diaryl/α,β-unsaturated/α-hetero) is 1. The first-order chi connectivity index (χ1) is 11.0. The van der Waals surface area contributed by atoms with Crippen molar-refractivity contribution in [3.63, 3.8) is 0 Å². The van der Waals surface area contributed by atoms with Crippen LogP contribution in [-0.2, 0) is 4.79 Å². The van der Waals surface area contributed by atoms with Crippen LogP contribution in [0.15, 0.2) is 52.3 Å². The van der Waals surface area contributed by atoms with Crippen LogP contribution in [0.1, 0.15) is 26.7 Å². The van der Waals surface area contributed by atoms with Gasteiger partial charge in [0.25, 0.3) is 0 Å². The van der Waals surface area contributed by atoms with E-state index in [0.717, 1.165) is 20.9 Å². The highest BCUT2D eigenvalue weighted by Gasteiger charge is 2.36. The molecule has 0 saturated heterocycles. The van der Waals surface area contributed by atoms with E-state index in [1.807, 2.05) is 55.6 Å². The van der Waals surface area contributed by atoms with E-state index in [0.29, 0.717) is 5.56 Å². The summed E-state index contributed by atoms with van der Waals surface area (Å²) in [5.74, 6) is -0.971. The lowest BCUT2D eigenvalue weighted by molar-refractivity contribution is -0.128. The zero-order chi connectivity index (χ0) is 16.6. The third-order valence-corrected chi connectivity index (χ3v) is 6.85. The molecule has 1 N–H and O–H groups in total. The van der Waals surface area contributed by atoms with Gasteiger partial charge in [0.2, 0.25) is 0 Å². The Bertz CT molecular complexity index is 823. The lowest BCUT2D eigenvalue weighted by atomic mass is 10.0. The Labute approximate surface area is 141 Å². The maximum atomic E-state index is 12.9. The molecule has 23 heavy (non-hydrogen) atoms. The Kier molecular flexibility index (Phi) is 4.41. The first-order valence-corrected chi connectivity index (χ1v) is 9.67. The van der Waals surface area contributed by atoms with Gasteiger partial charge in [0.15, 0.2) is 5.78 Å². The molecule has 0 saturated carbocycles. The smallest absolute Gasteiger partial charge is 0.334 e. The fourth-order valence-electron chi connectivity index (χ4n) is 2.74. The number of carbonyl (C=O) groups excluding carboxylic acids is 1. The SMILES string of the molecule is CSc1ccc(C2C(=O)c3cc(C)ccc3S2=CC(=O)O)cc1. The molecular formula is C18H16O3S2. The van der Waals surface area contributed by atoms with Crippen molar-refractivity contribution in [2.24, 2.45) is 0 Å². The molecule has 2 unspecified atom stereocenters. The van der Waals surface area contributed by atoms with Crippen LogP contribution < -0.4 is 0 Å². The van der Waals surface area contributed by atoms with Crippen molar-refractivity contribution in [1.29, 1.82) is 0 Å². The second-order valence-electron chi connectivity index (χ2n) is 5.34. The summed E-state index contributed by atoms with van der Waals surface area (Å²) in [5.41, 5.74) is 2.54. The van der Waals surface area contributed by atoms with Crippen molar-refractivity contribution >= 4 is 39.4 Å². The van der Waals surface area contributed by atoms with Gasteiger partial charge in [-0.2, -0.15) is 0 Å². The molecule has 0 amide bonds. The number of rotatable bonds is 3. The van der Waals surface area contributed by atoms with Gasteiger partial charge in [-0.15, -0.1) is 22.2 Å². The largest absolute Gasteiger partial charge is 0.478 e. The zero-order valence-corrected chi connectivity index (χ0v) is 14.4. The predicted molar refractivity (Wildman–Crippen MR) is 96.0 cm³/mol. The van der Waals surface area contributed by atoms with Crippen LogP contribution in [0.4, 0.5) is 0 Å². The molecule has 1 aliphatic rings. The minimum atomic E-state index is -0.986. The second-order valence-corrected chi connectivity index (χ2v) is 8.12. The van der Waals surface area contributed by atoms with Crippen LogP contribution in [-0.4, -0.2) is 28.5 Å². The van der Waals surface area contributed by atoms with Gasteiger partial charge in [-0.05, 0) is 43.0 Å². The van der Waals surface area contributed by atoms with Crippen molar-refractivity contribution in [3.8, 4) is 0 Å². The van der Waals surface area contributed by atoms with Crippen LogP contribution in [0.5, 0.6) is 0 Å². The standard InChI is InChI=1S/C18H16O3S2/c1-11-3-8-15-14(9-11)17(21)18(23(15)10-16(19)20)12-4-6-13(22-2)7-5-12/h3-10,18H,1-2H3,(H,19,20). The molecule has 2 atom stereocenters. The summed E-state index contributed by atoms with van der Waals surface area (Å²) in [7, 11) is -0.749. The molecule has 3 rings (SSSR count). The summed E-state index contributed by atoms with van der Waals surface area (Å²) in [6.07, 6.45) is 2.00. The fraction of sp³-hybridized carbons (Fsp3) is 0.167. The van der Waals surface area contributed by atoms with E-state index in [1.54, 1.807) is 11.8 Å².